The van der Waals surface area contributed by atoms with Gasteiger partial charge in [0.1, 0.15) is 17.0 Å². The molecule has 1 fully saturated rings. The minimum atomic E-state index is -1.63. The molecule has 2 aromatic heterocycles. The number of aromatic nitrogens is 1. The summed E-state index contributed by atoms with van der Waals surface area (Å²) < 4.78 is 5.81. The Kier molecular flexibility index (Phi) is 3.60. The van der Waals surface area contributed by atoms with Crippen LogP contribution in [0, 0.1) is 12.3 Å². The molecule has 1 aromatic carbocycles. The van der Waals surface area contributed by atoms with Crippen LogP contribution in [0.25, 0.3) is 11.1 Å². The van der Waals surface area contributed by atoms with Crippen molar-refractivity contribution in [3.05, 3.63) is 59.0 Å². The molecule has 4 heterocycles. The van der Waals surface area contributed by atoms with E-state index < -0.39 is 23.4 Å². The van der Waals surface area contributed by atoms with Gasteiger partial charge in [0.05, 0.1) is 17.7 Å². The molecule has 1 atom stereocenters. The molecule has 148 valence electrons. The number of nitrogens with one attached hydrogen (secondary N) is 2. The Labute approximate surface area is 169 Å². The number of hydrogen-bond donors (Lipinski definition) is 3. The number of carbonyl (C=O) groups excluding carboxylic acids is 3. The molecule has 2 aliphatic rings. The van der Waals surface area contributed by atoms with Gasteiger partial charge in [0.2, 0.25) is 0 Å². The molecule has 9 heteroatoms. The van der Waals surface area contributed by atoms with Gasteiger partial charge >= 0.3 is 6.03 Å². The van der Waals surface area contributed by atoms with Crippen LogP contribution in [0.3, 0.4) is 0 Å². The Morgan fingerprint density at radius 2 is 2.13 bits per heavy atom. The fourth-order valence-corrected chi connectivity index (χ4v) is 3.94. The summed E-state index contributed by atoms with van der Waals surface area (Å²) in [6.45, 7) is -0.0326. The van der Waals surface area contributed by atoms with Crippen molar-refractivity contribution in [2.24, 2.45) is 0 Å². The molecule has 0 unspecified atom stereocenters. The molecular weight excluding hydrogens is 388 g/mol. The van der Waals surface area contributed by atoms with Crippen molar-refractivity contribution in [1.82, 2.24) is 20.5 Å². The van der Waals surface area contributed by atoms with E-state index in [1.807, 2.05) is 0 Å². The predicted molar refractivity (Wildman–Crippen MR) is 103 cm³/mol. The van der Waals surface area contributed by atoms with Gasteiger partial charge in [-0.2, -0.15) is 0 Å². The highest BCUT2D eigenvalue weighted by Crippen LogP contribution is 2.36. The van der Waals surface area contributed by atoms with E-state index in [0.717, 1.165) is 0 Å². The van der Waals surface area contributed by atoms with E-state index in [1.165, 1.54) is 11.0 Å². The van der Waals surface area contributed by atoms with Crippen LogP contribution in [0.5, 0.6) is 5.75 Å². The van der Waals surface area contributed by atoms with Crippen LogP contribution in [-0.2, 0) is 16.9 Å². The van der Waals surface area contributed by atoms with E-state index in [1.54, 1.807) is 30.5 Å². The van der Waals surface area contributed by atoms with Gasteiger partial charge in [-0.05, 0) is 23.8 Å². The van der Waals surface area contributed by atoms with Gasteiger partial charge < -0.3 is 19.7 Å². The van der Waals surface area contributed by atoms with Gasteiger partial charge in [0.25, 0.3) is 11.8 Å². The monoisotopic (exact) mass is 402 g/mol. The number of pyridine rings is 1. The standard InChI is InChI=1S/C21H14N4O5/c1-2-12-14(26)6-5-11-9-25(18(27)17(11)12)10-21(19(28)23-20(29)24-21)16-8-13-15(30-16)4-3-7-22-13/h1,3-8,26H,9-10H2,(H2,23,24,28,29)/t21-/m0/s1. The number of rotatable bonds is 3. The number of imide groups is 1. The van der Waals surface area contributed by atoms with E-state index in [9.17, 15) is 19.5 Å². The first-order valence-electron chi connectivity index (χ1n) is 9.02. The Bertz CT molecular complexity index is 1270. The maximum atomic E-state index is 13.1. The Balaban J connectivity index is 1.58. The van der Waals surface area contributed by atoms with Crippen molar-refractivity contribution in [3.8, 4) is 18.1 Å². The number of hydrogen-bond acceptors (Lipinski definition) is 6. The SMILES string of the molecule is C#Cc1c(O)ccc2c1C(=O)N(C[C@@]1(c3cc4ncccc4o3)NC(=O)NC1=O)C2. The second-order valence-corrected chi connectivity index (χ2v) is 7.11. The number of furan rings is 1. The van der Waals surface area contributed by atoms with Crippen LogP contribution in [0.4, 0.5) is 4.79 Å². The van der Waals surface area contributed by atoms with Gasteiger partial charge in [0.15, 0.2) is 11.1 Å². The maximum Gasteiger partial charge on any atom is 0.322 e. The third-order valence-corrected chi connectivity index (χ3v) is 5.35. The number of aromatic hydroxyl groups is 1. The third-order valence-electron chi connectivity index (χ3n) is 5.35. The number of benzene rings is 1. The van der Waals surface area contributed by atoms with Crippen LogP contribution < -0.4 is 10.6 Å². The lowest BCUT2D eigenvalue weighted by Crippen LogP contribution is -2.52. The predicted octanol–water partition coefficient (Wildman–Crippen LogP) is 1.21. The first-order chi connectivity index (χ1) is 14.4. The molecule has 30 heavy (non-hydrogen) atoms. The summed E-state index contributed by atoms with van der Waals surface area (Å²) in [5.74, 6) is 1.24. The number of phenols is 1. The highest BCUT2D eigenvalue weighted by Gasteiger charge is 2.53. The first kappa shape index (κ1) is 17.8. The molecule has 0 spiro atoms. The number of carbonyl (C=O) groups is 3. The molecule has 9 nitrogen and oxygen atoms in total. The summed E-state index contributed by atoms with van der Waals surface area (Å²) in [6, 6.07) is 7.27. The average Bonchev–Trinajstić information content (AvgIpc) is 3.37. The van der Waals surface area contributed by atoms with E-state index >= 15 is 0 Å². The Morgan fingerprint density at radius 3 is 2.83 bits per heavy atom. The van der Waals surface area contributed by atoms with Crippen molar-refractivity contribution in [2.75, 3.05) is 6.54 Å². The zero-order chi connectivity index (χ0) is 21.0. The summed E-state index contributed by atoms with van der Waals surface area (Å²) in [5, 5.41) is 14.8. The molecule has 0 bridgehead atoms. The molecule has 1 saturated heterocycles. The van der Waals surface area contributed by atoms with E-state index in [0.29, 0.717) is 16.7 Å². The van der Waals surface area contributed by atoms with Crippen molar-refractivity contribution in [1.29, 1.82) is 0 Å². The lowest BCUT2D eigenvalue weighted by Gasteiger charge is -2.29. The first-order valence-corrected chi connectivity index (χ1v) is 9.02. The molecule has 0 radical (unpaired) electrons. The van der Waals surface area contributed by atoms with Crippen LogP contribution in [0.2, 0.25) is 0 Å². The molecule has 5 rings (SSSR count). The van der Waals surface area contributed by atoms with E-state index in [-0.39, 0.29) is 35.7 Å². The number of phenolic OH excluding ortho intramolecular Hbond substituents is 1. The second-order valence-electron chi connectivity index (χ2n) is 7.11. The van der Waals surface area contributed by atoms with Gasteiger partial charge in [-0.25, -0.2) is 4.79 Å². The van der Waals surface area contributed by atoms with E-state index in [2.05, 4.69) is 21.5 Å². The van der Waals surface area contributed by atoms with Crippen molar-refractivity contribution < 1.29 is 23.9 Å². The van der Waals surface area contributed by atoms with Crippen LogP contribution in [0.15, 0.2) is 40.9 Å². The molecule has 2 aliphatic heterocycles. The summed E-state index contributed by atoms with van der Waals surface area (Å²) >= 11 is 0. The highest BCUT2D eigenvalue weighted by molar-refractivity contribution is 6.08. The average molecular weight is 402 g/mol. The summed E-state index contributed by atoms with van der Waals surface area (Å²) in [7, 11) is 0. The molecule has 3 aromatic rings. The largest absolute Gasteiger partial charge is 0.507 e. The molecular formula is C21H14N4O5. The minimum Gasteiger partial charge on any atom is -0.507 e. The van der Waals surface area contributed by atoms with Gasteiger partial charge in [-0.15, -0.1) is 6.42 Å². The minimum absolute atomic E-state index is 0.0990. The highest BCUT2D eigenvalue weighted by atomic mass is 16.3. The number of fused-ring (bicyclic) bond motifs is 2. The van der Waals surface area contributed by atoms with Gasteiger partial charge in [-0.3, -0.25) is 19.9 Å². The second kappa shape index (κ2) is 6.09. The zero-order valence-corrected chi connectivity index (χ0v) is 15.4. The fourth-order valence-electron chi connectivity index (χ4n) is 3.94. The van der Waals surface area contributed by atoms with Gasteiger partial charge in [-0.1, -0.05) is 12.0 Å². The van der Waals surface area contributed by atoms with Crippen molar-refractivity contribution in [2.45, 2.75) is 12.1 Å². The lowest BCUT2D eigenvalue weighted by atomic mass is 9.95. The smallest absolute Gasteiger partial charge is 0.322 e. The summed E-state index contributed by atoms with van der Waals surface area (Å²) in [6.07, 6.45) is 7.05. The fraction of sp³-hybridized carbons (Fsp3) is 0.143. The molecule has 3 N–H and O–H groups in total. The quantitative estimate of drug-likeness (QED) is 0.447. The zero-order valence-electron chi connectivity index (χ0n) is 15.4. The van der Waals surface area contributed by atoms with Gasteiger partial charge in [0, 0.05) is 18.8 Å². The van der Waals surface area contributed by atoms with Crippen LogP contribution >= 0.6 is 0 Å². The molecule has 4 amide bonds. The lowest BCUT2D eigenvalue weighted by molar-refractivity contribution is -0.125. The number of terminal acetylenes is 1. The number of amides is 4. The summed E-state index contributed by atoms with van der Waals surface area (Å²) in [4.78, 5) is 43.5. The Morgan fingerprint density at radius 1 is 1.30 bits per heavy atom. The number of nitrogens with zero attached hydrogens (tertiary/aromatic N) is 2. The van der Waals surface area contributed by atoms with E-state index in [4.69, 9.17) is 10.8 Å². The normalized spacial score (nSPS) is 20.2. The molecule has 0 saturated carbocycles. The third kappa shape index (κ3) is 2.37. The molecule has 0 aliphatic carbocycles. The Hall–Kier alpha value is -4.32. The topological polar surface area (TPSA) is 125 Å². The van der Waals surface area contributed by atoms with Crippen LogP contribution in [0.1, 0.15) is 27.2 Å². The maximum absolute atomic E-state index is 13.1. The summed E-state index contributed by atoms with van der Waals surface area (Å²) in [5.41, 5.74) is 0.253. The van der Waals surface area contributed by atoms with Crippen molar-refractivity contribution in [3.63, 3.8) is 0 Å². The van der Waals surface area contributed by atoms with Crippen LogP contribution in [-0.4, -0.2) is 39.4 Å². The van der Waals surface area contributed by atoms with Crippen molar-refractivity contribution >= 4 is 28.9 Å². The number of urea groups is 1.